The Hall–Kier alpha value is -12.4. The summed E-state index contributed by atoms with van der Waals surface area (Å²) in [6, 6.07) is 49.5. The highest BCUT2D eigenvalue weighted by molar-refractivity contribution is 7.92. The van der Waals surface area contributed by atoms with Crippen molar-refractivity contribution in [3.05, 3.63) is 317 Å². The normalized spacial score (nSPS) is 12.7. The number of H-pyrrole nitrogens is 4. The molecule has 5 N–H and O–H groups in total. The first-order valence-electron chi connectivity index (χ1n) is 36.5. The molecule has 0 saturated heterocycles. The van der Waals surface area contributed by atoms with Crippen LogP contribution in [0.25, 0.3) is 67.1 Å². The Balaban J connectivity index is 0.000000134. The first-order chi connectivity index (χ1) is 54.6. The number of rotatable bonds is 17. The summed E-state index contributed by atoms with van der Waals surface area (Å²) in [4.78, 5) is 60.3. The molecule has 1 aliphatic carbocycles. The number of nitrogens with zero attached hydrogens (tertiary/aromatic N) is 4. The average Bonchev–Trinajstić information content (AvgIpc) is 1.65. The van der Waals surface area contributed by atoms with Gasteiger partial charge < -0.3 is 47.0 Å². The molecule has 23 nitrogen and oxygen atoms in total. The molecule has 8 aromatic heterocycles. The zero-order valence-electron chi connectivity index (χ0n) is 63.8. The van der Waals surface area contributed by atoms with Crippen LogP contribution >= 0.6 is 0 Å². The van der Waals surface area contributed by atoms with Crippen LogP contribution in [-0.4, -0.2) is 96.2 Å². The van der Waals surface area contributed by atoms with E-state index >= 15 is 0 Å². The fraction of sp³-hybridized carbons (Fsp3) is 0.186. The lowest BCUT2D eigenvalue weighted by molar-refractivity contribution is 0.357. The number of anilines is 1. The van der Waals surface area contributed by atoms with Crippen LogP contribution in [0.1, 0.15) is 71.0 Å². The second-order valence-corrected chi connectivity index (χ2v) is 36.3. The van der Waals surface area contributed by atoms with E-state index in [9.17, 15) is 61.6 Å². The van der Waals surface area contributed by atoms with Gasteiger partial charge in [0.2, 0.25) is 10.0 Å². The second kappa shape index (κ2) is 32.9. The lowest BCUT2D eigenvalue weighted by Gasteiger charge is -2.23. The van der Waals surface area contributed by atoms with Crippen molar-refractivity contribution >= 4 is 67.3 Å². The van der Waals surface area contributed by atoms with Crippen molar-refractivity contribution in [1.29, 1.82) is 0 Å². The molecule has 115 heavy (non-hydrogen) atoms. The molecule has 0 amide bonds. The average molecular weight is 1630 g/mol. The van der Waals surface area contributed by atoms with Gasteiger partial charge in [0, 0.05) is 102 Å². The van der Waals surface area contributed by atoms with Gasteiger partial charge in [-0.2, -0.15) is 0 Å². The molecule has 1 fully saturated rings. The summed E-state index contributed by atoms with van der Waals surface area (Å²) >= 11 is 0. The highest BCUT2D eigenvalue weighted by Crippen LogP contribution is 2.41. The highest BCUT2D eigenvalue weighted by atomic mass is 32.2. The molecule has 0 unspecified atom stereocenters. The monoisotopic (exact) mass is 1630 g/mol. The predicted molar refractivity (Wildman–Crippen MR) is 443 cm³/mol. The van der Waals surface area contributed by atoms with Gasteiger partial charge in [-0.25, -0.2) is 42.5 Å². The molecule has 15 aromatic rings. The Morgan fingerprint density at radius 1 is 0.409 bits per heavy atom. The summed E-state index contributed by atoms with van der Waals surface area (Å²) in [5, 5.41) is 0. The fourth-order valence-electron chi connectivity index (χ4n) is 14.6. The Morgan fingerprint density at radius 3 is 1.22 bits per heavy atom. The van der Waals surface area contributed by atoms with E-state index in [0.717, 1.165) is 93.2 Å². The lowest BCUT2D eigenvalue weighted by Crippen LogP contribution is -2.11. The van der Waals surface area contributed by atoms with E-state index in [-0.39, 0.29) is 43.5 Å². The standard InChI is InChI=1S/C22H21N3O3S.C22H26N2O3S.C21H16F2N2O4S.C21H18N2O4S/c1-15-12-20(25-11-10-23-22(26)21(15)25)19-14-18(24-29(2,27)28)9-8-17(19)13-16-6-4-3-5-7-16;1-15-12-20(24-11-10-23-22(25)21(15)24)19-14-18(28(2,26)27)9-8-17(19)13-16-6-4-3-5-7-16;1-12-9-17(25-8-7-24-21(26)20(12)25)15-11-14(30(2,27)28)4-6-18(15)29-19-5-3-13(22)10-16(19)23;1-14-12-18(23-11-10-22-21(24)20(14)23)17-13-16(28(2,25)26)8-9-19(17)27-15-6-4-3-5-7-15/h3-12,14,24H,13H2,1-2H3,(H,23,26);8-12,14,16H,3-7,13H2,1-2H3,(H,23,25);3-11H,1-2H3,(H,24,26);3-13H,1-2H3,(H,22,24). The minimum absolute atomic E-state index is 0.0295. The van der Waals surface area contributed by atoms with Crippen molar-refractivity contribution in [2.75, 3.05) is 29.7 Å². The van der Waals surface area contributed by atoms with Crippen LogP contribution in [0.4, 0.5) is 14.5 Å². The molecule has 29 heteroatoms. The minimum Gasteiger partial charge on any atom is -0.457 e. The number of aromatic nitrogens is 8. The summed E-state index contributed by atoms with van der Waals surface area (Å²) in [7, 11) is -13.7. The number of sulfonamides is 1. The Bertz CT molecular complexity index is 7000. The van der Waals surface area contributed by atoms with Crippen LogP contribution in [-0.2, 0) is 52.4 Å². The third kappa shape index (κ3) is 18.1. The summed E-state index contributed by atoms with van der Waals surface area (Å²) in [5.41, 5.74) is 13.8. The molecule has 0 spiro atoms. The number of hydrogen-bond donors (Lipinski definition) is 5. The largest absolute Gasteiger partial charge is 0.457 e. The van der Waals surface area contributed by atoms with Crippen LogP contribution in [0.2, 0.25) is 0 Å². The van der Waals surface area contributed by atoms with Crippen molar-refractivity contribution in [1.82, 2.24) is 37.5 Å². The molecule has 0 aliphatic heterocycles. The van der Waals surface area contributed by atoms with Crippen LogP contribution in [0.3, 0.4) is 0 Å². The first-order valence-corrected chi connectivity index (χ1v) is 44.0. The topological polar surface area (TPSA) is 316 Å². The maximum Gasteiger partial charge on any atom is 0.272 e. The van der Waals surface area contributed by atoms with Gasteiger partial charge in [-0.05, 0) is 195 Å². The molecule has 0 atom stereocenters. The number of aromatic amines is 4. The molecule has 8 heterocycles. The number of hydrogen-bond acceptors (Lipinski definition) is 14. The lowest BCUT2D eigenvalue weighted by atomic mass is 9.83. The van der Waals surface area contributed by atoms with E-state index in [0.29, 0.717) is 90.6 Å². The molecule has 592 valence electrons. The van der Waals surface area contributed by atoms with Gasteiger partial charge in [0.05, 0.1) is 43.7 Å². The molecule has 1 aliphatic rings. The Morgan fingerprint density at radius 2 is 0.791 bits per heavy atom. The summed E-state index contributed by atoms with van der Waals surface area (Å²) in [6.45, 7) is 7.39. The van der Waals surface area contributed by atoms with Gasteiger partial charge in [-0.15, -0.1) is 0 Å². The third-order valence-corrected chi connectivity index (χ3v) is 23.8. The van der Waals surface area contributed by atoms with Gasteiger partial charge >= 0.3 is 0 Å². The maximum absolute atomic E-state index is 14.1. The number of fused-ring (bicyclic) bond motifs is 4. The number of aryl methyl sites for hydroxylation is 4. The van der Waals surface area contributed by atoms with E-state index in [1.54, 1.807) is 83.1 Å². The molecule has 16 rings (SSSR count). The van der Waals surface area contributed by atoms with Gasteiger partial charge in [0.15, 0.2) is 41.1 Å². The Kier molecular flexibility index (Phi) is 23.1. The molecular formula is C86H81F2N9O14S4. The fourth-order valence-corrected chi connectivity index (χ4v) is 17.1. The quantitative estimate of drug-likeness (QED) is 0.0566. The van der Waals surface area contributed by atoms with E-state index in [4.69, 9.17) is 9.47 Å². The molecule has 7 aromatic carbocycles. The number of ether oxygens (including phenoxy) is 2. The maximum atomic E-state index is 14.1. The van der Waals surface area contributed by atoms with Crippen molar-refractivity contribution < 1.29 is 51.9 Å². The van der Waals surface area contributed by atoms with Crippen LogP contribution in [0.15, 0.2) is 259 Å². The minimum atomic E-state index is -3.55. The van der Waals surface area contributed by atoms with Crippen molar-refractivity contribution in [3.63, 3.8) is 0 Å². The third-order valence-electron chi connectivity index (χ3n) is 19.9. The SMILES string of the molecule is Cc1cc(-c2cc(NS(C)(=O)=O)ccc2Cc2ccccc2)n2cc[nH]c(=O)c12.Cc1cc(-c2cc(S(C)(=O)=O)ccc2CC2CCCCC2)n2cc[nH]c(=O)c12.Cc1cc(-c2cc(S(C)(=O)=O)ccc2Oc2ccc(F)cc2F)n2cc[nH]c(=O)c12.Cc1cc(-c2cc(S(C)(=O)=O)ccc2Oc2ccccc2)n2cc[nH]c(=O)c12. The number of benzene rings is 7. The molecular weight excluding hydrogens is 1550 g/mol. The molecule has 1 saturated carbocycles. The second-order valence-electron chi connectivity index (χ2n) is 28.5. The Labute approximate surface area is 661 Å². The highest BCUT2D eigenvalue weighted by Gasteiger charge is 2.25. The summed E-state index contributed by atoms with van der Waals surface area (Å²) in [6.07, 6.45) is 25.7. The first kappa shape index (κ1) is 80.6. The van der Waals surface area contributed by atoms with Crippen LogP contribution in [0.5, 0.6) is 23.0 Å². The van der Waals surface area contributed by atoms with E-state index in [1.807, 2.05) is 127 Å². The number of nitrogens with one attached hydrogen (secondary N) is 5. The van der Waals surface area contributed by atoms with E-state index < -0.39 is 51.2 Å². The van der Waals surface area contributed by atoms with Gasteiger partial charge in [0.25, 0.3) is 22.2 Å². The molecule has 0 radical (unpaired) electrons. The van der Waals surface area contributed by atoms with Crippen LogP contribution in [0, 0.1) is 45.2 Å². The van der Waals surface area contributed by atoms with Crippen molar-refractivity contribution in [3.8, 4) is 68.0 Å². The van der Waals surface area contributed by atoms with Crippen molar-refractivity contribution in [2.45, 2.75) is 87.3 Å². The number of para-hydroxylation sites is 1. The summed E-state index contributed by atoms with van der Waals surface area (Å²) < 4.78 is 145. The predicted octanol–water partition coefficient (Wildman–Crippen LogP) is 15.6. The van der Waals surface area contributed by atoms with Gasteiger partial charge in [-0.1, -0.05) is 92.8 Å². The van der Waals surface area contributed by atoms with Gasteiger partial charge in [-0.3, -0.25) is 23.9 Å². The number of halogens is 2. The zero-order valence-corrected chi connectivity index (χ0v) is 67.0. The smallest absolute Gasteiger partial charge is 0.272 e. The van der Waals surface area contributed by atoms with E-state index in [1.165, 1.54) is 68.8 Å². The van der Waals surface area contributed by atoms with Crippen LogP contribution < -0.4 is 36.4 Å². The van der Waals surface area contributed by atoms with E-state index in [2.05, 4.69) is 36.8 Å². The summed E-state index contributed by atoms with van der Waals surface area (Å²) in [5.74, 6) is 0.0327. The zero-order chi connectivity index (χ0) is 82.0. The number of sulfone groups is 3. The van der Waals surface area contributed by atoms with Gasteiger partial charge in [0.1, 0.15) is 45.1 Å². The van der Waals surface area contributed by atoms with Crippen molar-refractivity contribution in [2.24, 2.45) is 5.92 Å². The molecule has 0 bridgehead atoms.